The molecule has 0 aromatic carbocycles. The number of aromatic nitrogens is 1. The van der Waals surface area contributed by atoms with Crippen molar-refractivity contribution in [3.63, 3.8) is 0 Å². The summed E-state index contributed by atoms with van der Waals surface area (Å²) < 4.78 is 4.87. The van der Waals surface area contributed by atoms with Gasteiger partial charge in [-0.3, -0.25) is 4.79 Å². The first-order valence-electron chi connectivity index (χ1n) is 7.18. The minimum atomic E-state index is -0.488. The van der Waals surface area contributed by atoms with Crippen molar-refractivity contribution in [1.29, 1.82) is 0 Å². The van der Waals surface area contributed by atoms with Crippen molar-refractivity contribution in [2.75, 3.05) is 26.3 Å². The number of esters is 1. The van der Waals surface area contributed by atoms with Gasteiger partial charge < -0.3 is 14.7 Å². The van der Waals surface area contributed by atoms with E-state index < -0.39 is 5.97 Å². The predicted octanol–water partition coefficient (Wildman–Crippen LogP) is 1.55. The van der Waals surface area contributed by atoms with Crippen LogP contribution in [0.1, 0.15) is 46.5 Å². The molecule has 2 heterocycles. The van der Waals surface area contributed by atoms with Gasteiger partial charge in [0.1, 0.15) is 5.69 Å². The molecule has 6 nitrogen and oxygen atoms in total. The third-order valence-corrected chi connectivity index (χ3v) is 4.34. The van der Waals surface area contributed by atoms with Crippen LogP contribution in [0.15, 0.2) is 5.38 Å². The monoisotopic (exact) mass is 312 g/mol. The minimum absolute atomic E-state index is 0.149. The molecule has 1 aromatic heterocycles. The smallest absolute Gasteiger partial charge is 0.367 e. The molecule has 0 bridgehead atoms. The van der Waals surface area contributed by atoms with Crippen LogP contribution in [0, 0.1) is 5.92 Å². The number of aliphatic hydroxyl groups is 1. The lowest BCUT2D eigenvalue weighted by atomic mass is 9.95. The van der Waals surface area contributed by atoms with Crippen molar-refractivity contribution in [1.82, 2.24) is 9.88 Å². The topological polar surface area (TPSA) is 79.7 Å². The van der Waals surface area contributed by atoms with Gasteiger partial charge in [0.05, 0.1) is 6.61 Å². The summed E-state index contributed by atoms with van der Waals surface area (Å²) in [7, 11) is 0. The summed E-state index contributed by atoms with van der Waals surface area (Å²) in [4.78, 5) is 29.8. The van der Waals surface area contributed by atoms with Crippen LogP contribution < -0.4 is 0 Å². The maximum absolute atomic E-state index is 12.4. The third-order valence-electron chi connectivity index (χ3n) is 3.52. The first kappa shape index (κ1) is 15.9. The second-order valence-electron chi connectivity index (χ2n) is 5.03. The van der Waals surface area contributed by atoms with Gasteiger partial charge in [-0.25, -0.2) is 9.78 Å². The SMILES string of the molecule is CCOC(=O)c1nc(C(=O)N2CCCC(CCO)C2)cs1. The highest BCUT2D eigenvalue weighted by Gasteiger charge is 2.26. The van der Waals surface area contributed by atoms with Gasteiger partial charge in [0, 0.05) is 25.1 Å². The van der Waals surface area contributed by atoms with Gasteiger partial charge in [0.25, 0.3) is 5.91 Å². The van der Waals surface area contributed by atoms with Crippen LogP contribution in [0.3, 0.4) is 0 Å². The van der Waals surface area contributed by atoms with Crippen molar-refractivity contribution in [3.05, 3.63) is 16.1 Å². The van der Waals surface area contributed by atoms with Crippen molar-refractivity contribution < 1.29 is 19.4 Å². The van der Waals surface area contributed by atoms with Crippen molar-refractivity contribution in [2.24, 2.45) is 5.92 Å². The highest BCUT2D eigenvalue weighted by Crippen LogP contribution is 2.21. The van der Waals surface area contributed by atoms with Crippen LogP contribution in [-0.4, -0.2) is 53.2 Å². The fourth-order valence-corrected chi connectivity index (χ4v) is 3.17. The lowest BCUT2D eigenvalue weighted by molar-refractivity contribution is 0.0525. The van der Waals surface area contributed by atoms with E-state index in [2.05, 4.69) is 4.98 Å². The molecule has 1 unspecified atom stereocenters. The molecule has 7 heteroatoms. The maximum Gasteiger partial charge on any atom is 0.367 e. The number of ether oxygens (including phenoxy) is 1. The molecule has 1 aromatic rings. The molecule has 1 aliphatic rings. The first-order valence-corrected chi connectivity index (χ1v) is 8.06. The lowest BCUT2D eigenvalue weighted by Gasteiger charge is -2.32. The minimum Gasteiger partial charge on any atom is -0.461 e. The van der Waals surface area contributed by atoms with E-state index in [0.717, 1.165) is 30.6 Å². The molecule has 0 spiro atoms. The Hall–Kier alpha value is -1.47. The predicted molar refractivity (Wildman–Crippen MR) is 78.4 cm³/mol. The Bertz CT molecular complexity index is 501. The number of nitrogens with zero attached hydrogens (tertiary/aromatic N) is 2. The van der Waals surface area contributed by atoms with E-state index >= 15 is 0 Å². The summed E-state index contributed by atoms with van der Waals surface area (Å²) >= 11 is 1.13. The summed E-state index contributed by atoms with van der Waals surface area (Å²) in [6, 6.07) is 0. The number of aliphatic hydroxyl groups excluding tert-OH is 1. The molecule has 1 saturated heterocycles. The Morgan fingerprint density at radius 2 is 2.38 bits per heavy atom. The summed E-state index contributed by atoms with van der Waals surface area (Å²) in [6.07, 6.45) is 2.69. The number of carbonyl (C=O) groups is 2. The van der Waals surface area contributed by atoms with E-state index in [0.29, 0.717) is 24.7 Å². The molecule has 1 fully saturated rings. The van der Waals surface area contributed by atoms with E-state index in [1.54, 1.807) is 17.2 Å². The molecular formula is C14H20N2O4S. The number of hydrogen-bond acceptors (Lipinski definition) is 6. The number of likely N-dealkylation sites (tertiary alicyclic amines) is 1. The van der Waals surface area contributed by atoms with E-state index in [9.17, 15) is 9.59 Å². The van der Waals surface area contributed by atoms with Gasteiger partial charge >= 0.3 is 5.97 Å². The highest BCUT2D eigenvalue weighted by molar-refractivity contribution is 7.11. The number of hydrogen-bond donors (Lipinski definition) is 1. The Kier molecular flexibility index (Phi) is 5.69. The van der Waals surface area contributed by atoms with Crippen LogP contribution in [0.2, 0.25) is 0 Å². The second-order valence-corrected chi connectivity index (χ2v) is 5.89. The summed E-state index contributed by atoms with van der Waals surface area (Å²) in [6.45, 7) is 3.51. The Morgan fingerprint density at radius 1 is 1.57 bits per heavy atom. The van der Waals surface area contributed by atoms with Crippen LogP contribution in [0.5, 0.6) is 0 Å². The summed E-state index contributed by atoms with van der Waals surface area (Å²) in [5.41, 5.74) is 0.299. The molecule has 1 amide bonds. The average Bonchev–Trinajstić information content (AvgIpc) is 2.97. The van der Waals surface area contributed by atoms with Crippen molar-refractivity contribution >= 4 is 23.2 Å². The van der Waals surface area contributed by atoms with Crippen LogP contribution in [0.25, 0.3) is 0 Å². The number of carbonyl (C=O) groups excluding carboxylic acids is 2. The quantitative estimate of drug-likeness (QED) is 0.835. The van der Waals surface area contributed by atoms with E-state index in [-0.39, 0.29) is 24.1 Å². The molecule has 0 aliphatic carbocycles. The number of thiazole rings is 1. The Labute approximate surface area is 127 Å². The van der Waals surface area contributed by atoms with Gasteiger partial charge in [0.2, 0.25) is 5.01 Å². The fraction of sp³-hybridized carbons (Fsp3) is 0.643. The molecule has 116 valence electrons. The van der Waals surface area contributed by atoms with Gasteiger partial charge in [-0.1, -0.05) is 0 Å². The zero-order valence-electron chi connectivity index (χ0n) is 12.1. The zero-order valence-corrected chi connectivity index (χ0v) is 12.9. The van der Waals surface area contributed by atoms with Gasteiger partial charge in [-0.2, -0.15) is 0 Å². The van der Waals surface area contributed by atoms with Crippen molar-refractivity contribution in [3.8, 4) is 0 Å². The zero-order chi connectivity index (χ0) is 15.2. The molecule has 2 rings (SSSR count). The lowest BCUT2D eigenvalue weighted by Crippen LogP contribution is -2.40. The van der Waals surface area contributed by atoms with Gasteiger partial charge in [-0.05, 0) is 32.1 Å². The maximum atomic E-state index is 12.4. The molecule has 1 N–H and O–H groups in total. The van der Waals surface area contributed by atoms with Crippen LogP contribution in [-0.2, 0) is 4.74 Å². The van der Waals surface area contributed by atoms with Crippen LogP contribution in [0.4, 0.5) is 0 Å². The molecule has 1 aliphatic heterocycles. The van der Waals surface area contributed by atoms with E-state index in [1.807, 2.05) is 0 Å². The summed E-state index contributed by atoms with van der Waals surface area (Å²) in [5.74, 6) is -0.293. The largest absolute Gasteiger partial charge is 0.461 e. The van der Waals surface area contributed by atoms with E-state index in [4.69, 9.17) is 9.84 Å². The van der Waals surface area contributed by atoms with E-state index in [1.165, 1.54) is 0 Å². The highest BCUT2D eigenvalue weighted by atomic mass is 32.1. The first-order chi connectivity index (χ1) is 10.2. The number of rotatable bonds is 5. The average molecular weight is 312 g/mol. The fourth-order valence-electron chi connectivity index (χ4n) is 2.49. The number of amides is 1. The Balaban J connectivity index is 2.01. The van der Waals surface area contributed by atoms with Crippen LogP contribution >= 0.6 is 11.3 Å². The van der Waals surface area contributed by atoms with Crippen molar-refractivity contribution in [2.45, 2.75) is 26.2 Å². The normalized spacial score (nSPS) is 18.6. The molecule has 0 saturated carbocycles. The molecular weight excluding hydrogens is 292 g/mol. The summed E-state index contributed by atoms with van der Waals surface area (Å²) in [5, 5.41) is 10.8. The standard InChI is InChI=1S/C14H20N2O4S/c1-2-20-14(19)12-15-11(9-21-12)13(18)16-6-3-4-10(8-16)5-7-17/h9-10,17H,2-8H2,1H3. The molecule has 0 radical (unpaired) electrons. The van der Waals surface area contributed by atoms with Gasteiger partial charge in [-0.15, -0.1) is 11.3 Å². The molecule has 21 heavy (non-hydrogen) atoms. The number of piperidine rings is 1. The second kappa shape index (κ2) is 7.51. The Morgan fingerprint density at radius 3 is 3.10 bits per heavy atom. The van der Waals surface area contributed by atoms with Gasteiger partial charge in [0.15, 0.2) is 0 Å². The molecule has 1 atom stereocenters. The third kappa shape index (κ3) is 4.01.